The van der Waals surface area contributed by atoms with Gasteiger partial charge in [-0.05, 0) is 66.8 Å². The number of benzene rings is 3. The fourth-order valence-corrected chi connectivity index (χ4v) is 6.37. The Balaban J connectivity index is 1.28. The maximum atomic E-state index is 13.6. The average Bonchev–Trinajstić information content (AvgIpc) is 3.55. The fourth-order valence-electron chi connectivity index (χ4n) is 4.81. The van der Waals surface area contributed by atoms with E-state index in [-0.39, 0.29) is 5.91 Å². The smallest absolute Gasteiger partial charge is 0.274 e. The van der Waals surface area contributed by atoms with Gasteiger partial charge in [-0.3, -0.25) is 9.36 Å². The van der Waals surface area contributed by atoms with Crippen molar-refractivity contribution in [2.75, 3.05) is 13.1 Å². The molecule has 0 bridgehead atoms. The molecule has 37 heavy (non-hydrogen) atoms. The van der Waals surface area contributed by atoms with Gasteiger partial charge in [0.25, 0.3) is 5.91 Å². The van der Waals surface area contributed by atoms with E-state index in [0.29, 0.717) is 47.5 Å². The molecule has 3 heterocycles. The van der Waals surface area contributed by atoms with Crippen molar-refractivity contribution in [1.82, 2.24) is 14.5 Å². The van der Waals surface area contributed by atoms with Crippen LogP contribution < -0.4 is 0 Å². The summed E-state index contributed by atoms with van der Waals surface area (Å²) in [6, 6.07) is 25.0. The first-order valence-electron chi connectivity index (χ1n) is 12.0. The second-order valence-electron chi connectivity index (χ2n) is 9.25. The Labute approximate surface area is 228 Å². The maximum Gasteiger partial charge on any atom is 0.274 e. The number of carbonyl (C=O) groups excluding carboxylic acids is 1. The van der Waals surface area contributed by atoms with Crippen LogP contribution in [0, 0.1) is 0 Å². The lowest BCUT2D eigenvalue weighted by Gasteiger charge is -2.37. The maximum absolute atomic E-state index is 13.6. The number of halogens is 2. The van der Waals surface area contributed by atoms with Crippen LogP contribution in [0.4, 0.5) is 0 Å². The summed E-state index contributed by atoms with van der Waals surface area (Å²) in [6.45, 7) is 0.887. The number of aliphatic hydroxyl groups is 1. The van der Waals surface area contributed by atoms with Gasteiger partial charge >= 0.3 is 0 Å². The summed E-state index contributed by atoms with van der Waals surface area (Å²) in [4.78, 5) is 21.0. The van der Waals surface area contributed by atoms with Gasteiger partial charge < -0.3 is 10.0 Å². The summed E-state index contributed by atoms with van der Waals surface area (Å²) < 4.78 is 3.02. The Morgan fingerprint density at radius 3 is 2.38 bits per heavy atom. The predicted molar refractivity (Wildman–Crippen MR) is 150 cm³/mol. The quantitative estimate of drug-likeness (QED) is 0.259. The first-order valence-corrected chi connectivity index (χ1v) is 13.6. The molecule has 186 valence electrons. The number of thiophene rings is 1. The van der Waals surface area contributed by atoms with Gasteiger partial charge in [0, 0.05) is 45.1 Å². The third-order valence-electron chi connectivity index (χ3n) is 6.91. The summed E-state index contributed by atoms with van der Waals surface area (Å²) in [5.74, 6) is 0.412. The Morgan fingerprint density at radius 1 is 0.946 bits per heavy atom. The number of rotatable bonds is 4. The van der Waals surface area contributed by atoms with Gasteiger partial charge in [-0.15, -0.1) is 11.3 Å². The van der Waals surface area contributed by atoms with E-state index in [4.69, 9.17) is 28.2 Å². The zero-order chi connectivity index (χ0) is 25.6. The van der Waals surface area contributed by atoms with E-state index in [1.54, 1.807) is 40.6 Å². The highest BCUT2D eigenvalue weighted by Crippen LogP contribution is 2.40. The minimum atomic E-state index is -0.939. The first kappa shape index (κ1) is 24.2. The summed E-state index contributed by atoms with van der Waals surface area (Å²) in [6.07, 6.45) is 2.69. The van der Waals surface area contributed by atoms with Crippen LogP contribution in [0.2, 0.25) is 10.0 Å². The summed E-state index contributed by atoms with van der Waals surface area (Å²) in [5.41, 5.74) is 0.947. The first-order chi connectivity index (χ1) is 17.9. The molecule has 8 heteroatoms. The number of likely N-dealkylation sites (tertiary alicyclic amines) is 1. The van der Waals surface area contributed by atoms with E-state index in [1.165, 1.54) is 0 Å². The number of carbonyl (C=O) groups is 1. The molecule has 0 spiro atoms. The molecule has 6 rings (SSSR count). The molecule has 1 fully saturated rings. The van der Waals surface area contributed by atoms with Crippen LogP contribution in [-0.4, -0.2) is 38.6 Å². The molecule has 1 aliphatic rings. The topological polar surface area (TPSA) is 58.4 Å². The van der Waals surface area contributed by atoms with Crippen LogP contribution >= 0.6 is 34.5 Å². The van der Waals surface area contributed by atoms with Gasteiger partial charge in [-0.2, -0.15) is 0 Å². The lowest BCUT2D eigenvalue weighted by atomic mass is 9.89. The Bertz CT molecular complexity index is 1570. The van der Waals surface area contributed by atoms with E-state index in [2.05, 4.69) is 18.2 Å². The molecule has 2 aromatic heterocycles. The number of hydrogen-bond acceptors (Lipinski definition) is 4. The van der Waals surface area contributed by atoms with Crippen molar-refractivity contribution in [3.8, 4) is 17.1 Å². The van der Waals surface area contributed by atoms with Crippen LogP contribution in [0.1, 0.15) is 28.2 Å². The molecule has 1 N–H and O–H groups in total. The lowest BCUT2D eigenvalue weighted by Crippen LogP contribution is -2.45. The largest absolute Gasteiger partial charge is 0.384 e. The number of aromatic nitrogens is 2. The molecule has 1 saturated heterocycles. The predicted octanol–water partition coefficient (Wildman–Crippen LogP) is 7.18. The van der Waals surface area contributed by atoms with Crippen molar-refractivity contribution in [3.63, 3.8) is 0 Å². The molecule has 5 aromatic rings. The molecule has 1 amide bonds. The molecule has 1 aliphatic heterocycles. The van der Waals surface area contributed by atoms with Crippen LogP contribution in [0.5, 0.6) is 0 Å². The lowest BCUT2D eigenvalue weighted by molar-refractivity contribution is -0.0184. The van der Waals surface area contributed by atoms with E-state index < -0.39 is 5.60 Å². The normalized spacial score (nSPS) is 15.3. The number of piperidine rings is 1. The van der Waals surface area contributed by atoms with Gasteiger partial charge in [0.05, 0.1) is 5.02 Å². The van der Waals surface area contributed by atoms with Gasteiger partial charge in [0.15, 0.2) is 0 Å². The van der Waals surface area contributed by atoms with Crippen molar-refractivity contribution in [2.45, 2.75) is 18.4 Å². The SMILES string of the molecule is O=C(c1cn(-c2ccc(Cl)cc2)c(-c2ccccc2Cl)n1)N1CCC(O)(c2cc3ccccc3s2)CC1. The van der Waals surface area contributed by atoms with E-state index in [1.807, 2.05) is 47.0 Å². The number of hydrogen-bond donors (Lipinski definition) is 1. The second-order valence-corrected chi connectivity index (χ2v) is 11.2. The van der Waals surface area contributed by atoms with Crippen LogP contribution in [-0.2, 0) is 5.60 Å². The Morgan fingerprint density at radius 2 is 1.65 bits per heavy atom. The summed E-state index contributed by atoms with van der Waals surface area (Å²) in [5, 5.41) is 13.7. The minimum Gasteiger partial charge on any atom is -0.384 e. The summed E-state index contributed by atoms with van der Waals surface area (Å²) in [7, 11) is 0. The number of amides is 1. The van der Waals surface area contributed by atoms with Crippen LogP contribution in [0.15, 0.2) is 85.1 Å². The van der Waals surface area contributed by atoms with Gasteiger partial charge in [0.1, 0.15) is 17.1 Å². The van der Waals surface area contributed by atoms with Crippen molar-refractivity contribution < 1.29 is 9.90 Å². The highest BCUT2D eigenvalue weighted by molar-refractivity contribution is 7.19. The Hall–Kier alpha value is -3.16. The molecule has 0 unspecified atom stereocenters. The number of nitrogens with zero attached hydrogens (tertiary/aromatic N) is 3. The second kappa shape index (κ2) is 9.62. The fraction of sp³-hybridized carbons (Fsp3) is 0.172. The van der Waals surface area contributed by atoms with E-state index >= 15 is 0 Å². The van der Waals surface area contributed by atoms with Crippen LogP contribution in [0.3, 0.4) is 0 Å². The standard InChI is InChI=1S/C29H23Cl2N3O2S/c30-20-9-11-21(12-10-20)34-18-24(32-27(34)22-6-2-3-7-23(22)31)28(35)33-15-13-29(36,14-16-33)26-17-19-5-1-4-8-25(19)37-26/h1-12,17-18,36H,13-16H2. The molecule has 5 nitrogen and oxygen atoms in total. The number of imidazole rings is 1. The molecular weight excluding hydrogens is 525 g/mol. The summed E-state index contributed by atoms with van der Waals surface area (Å²) >= 11 is 14.2. The van der Waals surface area contributed by atoms with Gasteiger partial charge in [-0.1, -0.05) is 53.5 Å². The van der Waals surface area contributed by atoms with Crippen molar-refractivity contribution in [1.29, 1.82) is 0 Å². The van der Waals surface area contributed by atoms with Crippen molar-refractivity contribution in [3.05, 3.63) is 106 Å². The molecule has 0 saturated carbocycles. The van der Waals surface area contributed by atoms with E-state index in [0.717, 1.165) is 26.2 Å². The van der Waals surface area contributed by atoms with Crippen molar-refractivity contribution in [2.24, 2.45) is 0 Å². The average molecular weight is 548 g/mol. The zero-order valence-corrected chi connectivity index (χ0v) is 22.1. The zero-order valence-electron chi connectivity index (χ0n) is 19.8. The third-order valence-corrected chi connectivity index (χ3v) is 8.80. The van der Waals surface area contributed by atoms with Gasteiger partial charge in [-0.25, -0.2) is 4.98 Å². The third kappa shape index (κ3) is 4.55. The highest BCUT2D eigenvalue weighted by Gasteiger charge is 2.37. The highest BCUT2D eigenvalue weighted by atomic mass is 35.5. The van der Waals surface area contributed by atoms with Crippen molar-refractivity contribution >= 4 is 50.5 Å². The molecule has 3 aromatic carbocycles. The molecule has 0 atom stereocenters. The molecule has 0 aliphatic carbocycles. The Kier molecular flexibility index (Phi) is 6.29. The minimum absolute atomic E-state index is 0.167. The molecule has 0 radical (unpaired) electrons. The number of fused-ring (bicyclic) bond motifs is 1. The monoisotopic (exact) mass is 547 g/mol. The van der Waals surface area contributed by atoms with Crippen LogP contribution in [0.25, 0.3) is 27.2 Å². The van der Waals surface area contributed by atoms with Gasteiger partial charge in [0.2, 0.25) is 0 Å². The molecular formula is C29H23Cl2N3O2S. The van der Waals surface area contributed by atoms with E-state index in [9.17, 15) is 9.90 Å².